The number of alkyl halides is 1. The average Bonchev–Trinajstić information content (AvgIpc) is 2.60. The highest BCUT2D eigenvalue weighted by Gasteiger charge is 2.45. The molecular weight excluding hydrogens is 189 g/mol. The molecular formula is C9H14FNOS. The highest BCUT2D eigenvalue weighted by molar-refractivity contribution is 8.00. The van der Waals surface area contributed by atoms with Gasteiger partial charge in [-0.15, -0.1) is 0 Å². The molecule has 0 aliphatic carbocycles. The van der Waals surface area contributed by atoms with Crippen LogP contribution in [-0.2, 0) is 4.79 Å². The van der Waals surface area contributed by atoms with Crippen LogP contribution in [0.3, 0.4) is 0 Å². The zero-order chi connectivity index (χ0) is 9.64. The topological polar surface area (TPSA) is 20.3 Å². The first-order valence-electron chi connectivity index (χ1n) is 4.60. The number of fused-ring (bicyclic) bond motifs is 2. The lowest BCUT2D eigenvalue weighted by Gasteiger charge is -2.30. The van der Waals surface area contributed by atoms with Gasteiger partial charge in [-0.3, -0.25) is 4.79 Å². The Balaban J connectivity index is 2.07. The lowest BCUT2D eigenvalue weighted by atomic mass is 10.1. The lowest BCUT2D eigenvalue weighted by Crippen LogP contribution is -2.47. The second-order valence-electron chi connectivity index (χ2n) is 4.27. The number of halogens is 1. The number of amides is 1. The molecule has 2 fully saturated rings. The Hall–Kier alpha value is -0.250. The summed E-state index contributed by atoms with van der Waals surface area (Å²) < 4.78 is 13.4. The molecule has 2 nitrogen and oxygen atoms in total. The van der Waals surface area contributed by atoms with Crippen molar-refractivity contribution in [3.63, 3.8) is 0 Å². The monoisotopic (exact) mass is 203 g/mol. The van der Waals surface area contributed by atoms with Gasteiger partial charge in [-0.1, -0.05) is 0 Å². The number of nitrogens with zero attached hydrogens (tertiary/aromatic N) is 1. The molecule has 0 aromatic heterocycles. The molecule has 74 valence electrons. The Kier molecular flexibility index (Phi) is 2.06. The fraction of sp³-hybridized carbons (Fsp3) is 0.889. The van der Waals surface area contributed by atoms with Gasteiger partial charge >= 0.3 is 0 Å². The summed E-state index contributed by atoms with van der Waals surface area (Å²) in [7, 11) is 0. The van der Waals surface area contributed by atoms with Gasteiger partial charge in [0.2, 0.25) is 0 Å². The lowest BCUT2D eigenvalue weighted by molar-refractivity contribution is -0.142. The average molecular weight is 203 g/mol. The van der Waals surface area contributed by atoms with Crippen molar-refractivity contribution >= 4 is 17.7 Å². The predicted molar refractivity (Wildman–Crippen MR) is 51.6 cm³/mol. The van der Waals surface area contributed by atoms with E-state index in [0.29, 0.717) is 11.3 Å². The van der Waals surface area contributed by atoms with Crippen LogP contribution in [0.2, 0.25) is 0 Å². The summed E-state index contributed by atoms with van der Waals surface area (Å²) in [6.07, 6.45) is 1.06. The molecule has 0 aromatic rings. The molecule has 0 spiro atoms. The molecule has 2 bridgehead atoms. The zero-order valence-corrected chi connectivity index (χ0v) is 8.73. The zero-order valence-electron chi connectivity index (χ0n) is 7.92. The minimum absolute atomic E-state index is 0.303. The predicted octanol–water partition coefficient (Wildman–Crippen LogP) is 1.45. The van der Waals surface area contributed by atoms with Crippen LogP contribution < -0.4 is 0 Å². The maximum absolute atomic E-state index is 13.4. The second kappa shape index (κ2) is 2.87. The molecule has 1 amide bonds. The van der Waals surface area contributed by atoms with Gasteiger partial charge in [-0.2, -0.15) is 11.8 Å². The third kappa shape index (κ3) is 1.56. The van der Waals surface area contributed by atoms with Crippen LogP contribution in [0.15, 0.2) is 0 Å². The Morgan fingerprint density at radius 1 is 1.62 bits per heavy atom. The Labute approximate surface area is 81.9 Å². The largest absolute Gasteiger partial charge is 0.335 e. The molecule has 2 saturated heterocycles. The van der Waals surface area contributed by atoms with E-state index in [1.807, 2.05) is 11.8 Å². The van der Waals surface area contributed by atoms with Crippen LogP contribution in [0.4, 0.5) is 4.39 Å². The molecule has 0 aromatic carbocycles. The van der Waals surface area contributed by atoms with Gasteiger partial charge in [0, 0.05) is 23.6 Å². The summed E-state index contributed by atoms with van der Waals surface area (Å²) in [4.78, 5) is 13.3. The fourth-order valence-corrected chi connectivity index (χ4v) is 3.42. The summed E-state index contributed by atoms with van der Waals surface area (Å²) in [5.74, 6) is 0.659. The summed E-state index contributed by atoms with van der Waals surface area (Å²) >= 11 is 1.91. The van der Waals surface area contributed by atoms with E-state index >= 15 is 0 Å². The van der Waals surface area contributed by atoms with E-state index in [2.05, 4.69) is 0 Å². The number of rotatable bonds is 1. The van der Waals surface area contributed by atoms with E-state index in [-0.39, 0.29) is 5.91 Å². The quantitative estimate of drug-likeness (QED) is 0.643. The van der Waals surface area contributed by atoms with Gasteiger partial charge in [0.1, 0.15) is 0 Å². The number of thioether (sulfide) groups is 1. The van der Waals surface area contributed by atoms with Crippen LogP contribution in [-0.4, -0.2) is 40.1 Å². The van der Waals surface area contributed by atoms with Crippen LogP contribution in [0.5, 0.6) is 0 Å². The Morgan fingerprint density at radius 3 is 2.69 bits per heavy atom. The van der Waals surface area contributed by atoms with E-state index in [4.69, 9.17) is 0 Å². The van der Waals surface area contributed by atoms with Crippen molar-refractivity contribution in [3.05, 3.63) is 0 Å². The summed E-state index contributed by atoms with van der Waals surface area (Å²) in [5, 5.41) is 0.566. The van der Waals surface area contributed by atoms with Gasteiger partial charge in [0.05, 0.1) is 0 Å². The summed E-state index contributed by atoms with van der Waals surface area (Å²) in [5.41, 5.74) is -1.70. The van der Waals surface area contributed by atoms with Crippen LogP contribution in [0, 0.1) is 0 Å². The maximum Gasteiger partial charge on any atom is 0.259 e. The van der Waals surface area contributed by atoms with E-state index in [1.54, 1.807) is 4.90 Å². The molecule has 0 radical (unpaired) electrons. The van der Waals surface area contributed by atoms with Crippen molar-refractivity contribution in [1.29, 1.82) is 0 Å². The third-order valence-corrected chi connectivity index (χ3v) is 4.06. The molecule has 2 rings (SSSR count). The molecule has 0 saturated carbocycles. The smallest absolute Gasteiger partial charge is 0.259 e. The molecule has 2 heterocycles. The van der Waals surface area contributed by atoms with Crippen LogP contribution in [0.1, 0.15) is 20.3 Å². The maximum atomic E-state index is 13.4. The van der Waals surface area contributed by atoms with Gasteiger partial charge < -0.3 is 4.90 Å². The number of carbonyl (C=O) groups excluding carboxylic acids is 1. The summed E-state index contributed by atoms with van der Waals surface area (Å²) in [6, 6.07) is 0.303. The van der Waals surface area contributed by atoms with Crippen LogP contribution in [0.25, 0.3) is 0 Å². The van der Waals surface area contributed by atoms with E-state index in [0.717, 1.165) is 18.7 Å². The van der Waals surface area contributed by atoms with Crippen molar-refractivity contribution in [2.45, 2.75) is 37.2 Å². The molecule has 13 heavy (non-hydrogen) atoms. The number of hydrogen-bond acceptors (Lipinski definition) is 2. The van der Waals surface area contributed by atoms with Crippen LogP contribution >= 0.6 is 11.8 Å². The molecule has 0 N–H and O–H groups in total. The van der Waals surface area contributed by atoms with Crippen molar-refractivity contribution in [2.24, 2.45) is 0 Å². The van der Waals surface area contributed by atoms with E-state index < -0.39 is 5.67 Å². The van der Waals surface area contributed by atoms with Crippen molar-refractivity contribution in [2.75, 3.05) is 12.3 Å². The number of hydrogen-bond donors (Lipinski definition) is 0. The van der Waals surface area contributed by atoms with Crippen molar-refractivity contribution < 1.29 is 9.18 Å². The molecule has 2 aliphatic rings. The first-order valence-corrected chi connectivity index (χ1v) is 5.65. The standard InChI is InChI=1S/C9H14FNOS/c1-9(2,10)8(12)11-4-7-3-6(11)5-13-7/h6-7H,3-5H2,1-2H3. The van der Waals surface area contributed by atoms with Crippen molar-refractivity contribution in [1.82, 2.24) is 4.90 Å². The van der Waals surface area contributed by atoms with Crippen molar-refractivity contribution in [3.8, 4) is 0 Å². The van der Waals surface area contributed by atoms with E-state index in [1.165, 1.54) is 13.8 Å². The third-order valence-electron chi connectivity index (χ3n) is 2.67. The van der Waals surface area contributed by atoms with Gasteiger partial charge in [-0.05, 0) is 20.3 Å². The molecule has 4 heteroatoms. The SMILES string of the molecule is CC(C)(F)C(=O)N1CC2CC1CS2. The molecule has 2 unspecified atom stereocenters. The number of likely N-dealkylation sites (tertiary alicyclic amines) is 1. The number of carbonyl (C=O) groups is 1. The van der Waals surface area contributed by atoms with Gasteiger partial charge in [-0.25, -0.2) is 4.39 Å². The van der Waals surface area contributed by atoms with Gasteiger partial charge in [0.15, 0.2) is 5.67 Å². The fourth-order valence-electron chi connectivity index (χ4n) is 1.99. The summed E-state index contributed by atoms with van der Waals surface area (Å²) in [6.45, 7) is 3.43. The minimum atomic E-state index is -1.70. The normalized spacial score (nSPS) is 32.7. The molecule has 2 atom stereocenters. The second-order valence-corrected chi connectivity index (χ2v) is 5.61. The highest BCUT2D eigenvalue weighted by Crippen LogP contribution is 2.38. The minimum Gasteiger partial charge on any atom is -0.335 e. The first-order chi connectivity index (χ1) is 5.98. The van der Waals surface area contributed by atoms with E-state index in [9.17, 15) is 9.18 Å². The first kappa shape index (κ1) is 9.31. The highest BCUT2D eigenvalue weighted by atomic mass is 32.2. The van der Waals surface area contributed by atoms with Gasteiger partial charge in [0.25, 0.3) is 5.91 Å². The molecule has 2 aliphatic heterocycles. The Bertz CT molecular complexity index is 238. The Morgan fingerprint density at radius 2 is 2.31 bits per heavy atom.